The molecule has 2 aromatic carbocycles. The molecule has 1 aliphatic heterocycles. The number of carbonyl (C=O) groups excluding carboxylic acids is 1. The Bertz CT molecular complexity index is 967. The van der Waals surface area contributed by atoms with Gasteiger partial charge in [-0.1, -0.05) is 12.1 Å². The van der Waals surface area contributed by atoms with Gasteiger partial charge in [0.2, 0.25) is 0 Å². The average molecular weight is 364 g/mol. The number of pyridine rings is 1. The summed E-state index contributed by atoms with van der Waals surface area (Å²) in [5.41, 5.74) is 0.449. The molecule has 0 amide bonds. The van der Waals surface area contributed by atoms with E-state index in [0.29, 0.717) is 43.4 Å². The van der Waals surface area contributed by atoms with E-state index in [0.717, 1.165) is 16.5 Å². The van der Waals surface area contributed by atoms with Crippen molar-refractivity contribution in [3.05, 3.63) is 60.3 Å². The van der Waals surface area contributed by atoms with Gasteiger partial charge in [0.05, 0.1) is 20.3 Å². The molecule has 4 rings (SSSR count). The number of fused-ring (bicyclic) bond motifs is 1. The van der Waals surface area contributed by atoms with E-state index in [1.165, 1.54) is 0 Å². The number of esters is 1. The van der Waals surface area contributed by atoms with Crippen molar-refractivity contribution in [3.8, 4) is 11.5 Å². The zero-order valence-corrected chi connectivity index (χ0v) is 15.1. The highest BCUT2D eigenvalue weighted by Crippen LogP contribution is 2.26. The Morgan fingerprint density at radius 3 is 2.56 bits per heavy atom. The molecule has 6 nitrogen and oxygen atoms in total. The molecule has 1 saturated heterocycles. The first kappa shape index (κ1) is 17.3. The first-order valence-electron chi connectivity index (χ1n) is 8.82. The molecule has 1 fully saturated rings. The lowest BCUT2D eigenvalue weighted by Gasteiger charge is -2.28. The van der Waals surface area contributed by atoms with Crippen molar-refractivity contribution in [3.63, 3.8) is 0 Å². The van der Waals surface area contributed by atoms with Crippen molar-refractivity contribution in [1.29, 1.82) is 0 Å². The Hall–Kier alpha value is -3.12. The van der Waals surface area contributed by atoms with Crippen LogP contribution in [0.4, 0.5) is 5.82 Å². The maximum absolute atomic E-state index is 12.8. The summed E-state index contributed by atoms with van der Waals surface area (Å²) in [7, 11) is 1.63. The average Bonchev–Trinajstić information content (AvgIpc) is 2.73. The summed E-state index contributed by atoms with van der Waals surface area (Å²) in [6.07, 6.45) is 1.68. The number of aromatic nitrogens is 1. The molecular weight excluding hydrogens is 344 g/mol. The van der Waals surface area contributed by atoms with Crippen molar-refractivity contribution >= 4 is 22.6 Å². The van der Waals surface area contributed by atoms with Crippen LogP contribution in [0.15, 0.2) is 54.7 Å². The molecule has 0 saturated carbocycles. The third kappa shape index (κ3) is 3.71. The predicted octanol–water partition coefficient (Wildman–Crippen LogP) is 3.30. The van der Waals surface area contributed by atoms with Gasteiger partial charge in [0.1, 0.15) is 22.9 Å². The molecule has 2 heterocycles. The Labute approximate surface area is 157 Å². The summed E-state index contributed by atoms with van der Waals surface area (Å²) in [6, 6.07) is 14.8. The van der Waals surface area contributed by atoms with E-state index in [9.17, 15) is 4.79 Å². The SMILES string of the molecule is COc1ccc2ccc(OC(=O)c3cccnc3N3CCOCC3)cc2c1. The van der Waals surface area contributed by atoms with Gasteiger partial charge in [-0.2, -0.15) is 0 Å². The number of morpholine rings is 1. The molecular formula is C21H20N2O4. The number of hydrogen-bond donors (Lipinski definition) is 0. The fourth-order valence-corrected chi connectivity index (χ4v) is 3.14. The van der Waals surface area contributed by atoms with Gasteiger partial charge < -0.3 is 19.1 Å². The predicted molar refractivity (Wildman–Crippen MR) is 103 cm³/mol. The van der Waals surface area contributed by atoms with Crippen molar-refractivity contribution in [2.24, 2.45) is 0 Å². The molecule has 0 aliphatic carbocycles. The van der Waals surface area contributed by atoms with Crippen LogP contribution in [0.1, 0.15) is 10.4 Å². The molecule has 6 heteroatoms. The van der Waals surface area contributed by atoms with E-state index in [4.69, 9.17) is 14.2 Å². The number of anilines is 1. The maximum Gasteiger partial charge on any atom is 0.347 e. The third-order valence-corrected chi connectivity index (χ3v) is 4.55. The quantitative estimate of drug-likeness (QED) is 0.523. The normalized spacial score (nSPS) is 14.2. The summed E-state index contributed by atoms with van der Waals surface area (Å²) < 4.78 is 16.3. The van der Waals surface area contributed by atoms with Gasteiger partial charge in [-0.3, -0.25) is 0 Å². The first-order chi connectivity index (χ1) is 13.2. The smallest absolute Gasteiger partial charge is 0.347 e. The highest BCUT2D eigenvalue weighted by molar-refractivity contribution is 5.96. The van der Waals surface area contributed by atoms with Crippen LogP contribution in [0.2, 0.25) is 0 Å². The number of nitrogens with zero attached hydrogens (tertiary/aromatic N) is 2. The summed E-state index contributed by atoms with van der Waals surface area (Å²) in [5, 5.41) is 1.99. The maximum atomic E-state index is 12.8. The highest BCUT2D eigenvalue weighted by atomic mass is 16.5. The number of ether oxygens (including phenoxy) is 3. The molecule has 0 atom stereocenters. The minimum Gasteiger partial charge on any atom is -0.497 e. The number of hydrogen-bond acceptors (Lipinski definition) is 6. The molecule has 0 bridgehead atoms. The zero-order valence-electron chi connectivity index (χ0n) is 15.1. The molecule has 0 unspecified atom stereocenters. The van der Waals surface area contributed by atoms with Crippen LogP contribution < -0.4 is 14.4 Å². The summed E-state index contributed by atoms with van der Waals surface area (Å²) in [5.74, 6) is 1.45. The lowest BCUT2D eigenvalue weighted by atomic mass is 10.1. The topological polar surface area (TPSA) is 60.9 Å². The molecule has 3 aromatic rings. The van der Waals surface area contributed by atoms with Gasteiger partial charge in [-0.05, 0) is 47.2 Å². The first-order valence-corrected chi connectivity index (χ1v) is 8.82. The van der Waals surface area contributed by atoms with E-state index in [-0.39, 0.29) is 0 Å². The van der Waals surface area contributed by atoms with Crippen LogP contribution >= 0.6 is 0 Å². The lowest BCUT2D eigenvalue weighted by Crippen LogP contribution is -2.37. The van der Waals surface area contributed by atoms with E-state index < -0.39 is 5.97 Å². The van der Waals surface area contributed by atoms with E-state index in [1.54, 1.807) is 31.5 Å². The fourth-order valence-electron chi connectivity index (χ4n) is 3.14. The second-order valence-corrected chi connectivity index (χ2v) is 6.24. The van der Waals surface area contributed by atoms with Gasteiger partial charge in [0.25, 0.3) is 0 Å². The largest absolute Gasteiger partial charge is 0.497 e. The zero-order chi connectivity index (χ0) is 18.6. The van der Waals surface area contributed by atoms with Crippen LogP contribution in [0.5, 0.6) is 11.5 Å². The van der Waals surface area contributed by atoms with E-state index in [1.807, 2.05) is 35.2 Å². The lowest BCUT2D eigenvalue weighted by molar-refractivity contribution is 0.0734. The summed E-state index contributed by atoms with van der Waals surface area (Å²) >= 11 is 0. The molecule has 0 radical (unpaired) electrons. The summed E-state index contributed by atoms with van der Waals surface area (Å²) in [4.78, 5) is 19.2. The van der Waals surface area contributed by atoms with Crippen molar-refractivity contribution in [2.75, 3.05) is 38.3 Å². The van der Waals surface area contributed by atoms with Gasteiger partial charge in [0.15, 0.2) is 0 Å². The minimum atomic E-state index is -0.424. The van der Waals surface area contributed by atoms with Crippen molar-refractivity contribution in [1.82, 2.24) is 4.98 Å². The second-order valence-electron chi connectivity index (χ2n) is 6.24. The monoisotopic (exact) mass is 364 g/mol. The van der Waals surface area contributed by atoms with Crippen LogP contribution in [-0.2, 0) is 4.74 Å². The van der Waals surface area contributed by atoms with Crippen molar-refractivity contribution in [2.45, 2.75) is 0 Å². The Morgan fingerprint density at radius 1 is 1.04 bits per heavy atom. The third-order valence-electron chi connectivity index (χ3n) is 4.55. The Kier molecular flexibility index (Phi) is 4.89. The number of methoxy groups -OCH3 is 1. The van der Waals surface area contributed by atoms with Crippen LogP contribution in [0.3, 0.4) is 0 Å². The van der Waals surface area contributed by atoms with E-state index >= 15 is 0 Å². The van der Waals surface area contributed by atoms with E-state index in [2.05, 4.69) is 4.98 Å². The molecule has 1 aliphatic rings. The minimum absolute atomic E-state index is 0.424. The van der Waals surface area contributed by atoms with Crippen LogP contribution in [-0.4, -0.2) is 44.4 Å². The second kappa shape index (κ2) is 7.63. The molecule has 0 N–H and O–H groups in total. The highest BCUT2D eigenvalue weighted by Gasteiger charge is 2.21. The van der Waals surface area contributed by atoms with Gasteiger partial charge >= 0.3 is 5.97 Å². The summed E-state index contributed by atoms with van der Waals surface area (Å²) in [6.45, 7) is 2.65. The molecule has 27 heavy (non-hydrogen) atoms. The van der Waals surface area contributed by atoms with Crippen molar-refractivity contribution < 1.29 is 19.0 Å². The fraction of sp³-hybridized carbons (Fsp3) is 0.238. The number of benzene rings is 2. The standard InChI is InChI=1S/C21H20N2O4/c1-25-17-6-4-15-5-7-18(14-16(15)13-17)27-21(24)19-3-2-8-22-20(19)23-9-11-26-12-10-23/h2-8,13-14H,9-12H2,1H3. The Balaban J connectivity index is 1.60. The van der Waals surface area contributed by atoms with Gasteiger partial charge in [-0.15, -0.1) is 0 Å². The van der Waals surface area contributed by atoms with Gasteiger partial charge in [0, 0.05) is 19.3 Å². The Morgan fingerprint density at radius 2 is 1.78 bits per heavy atom. The number of carbonyl (C=O) groups is 1. The molecule has 138 valence electrons. The van der Waals surface area contributed by atoms with Crippen LogP contribution in [0.25, 0.3) is 10.8 Å². The van der Waals surface area contributed by atoms with Crippen LogP contribution in [0, 0.1) is 0 Å². The number of rotatable bonds is 4. The molecule has 1 aromatic heterocycles. The molecule has 0 spiro atoms. The van der Waals surface area contributed by atoms with Gasteiger partial charge in [-0.25, -0.2) is 9.78 Å².